The Balaban J connectivity index is 2.22. The van der Waals surface area contributed by atoms with Crippen LogP contribution in [0.4, 0.5) is 0 Å². The van der Waals surface area contributed by atoms with E-state index in [-0.39, 0.29) is 35.7 Å². The lowest BCUT2D eigenvalue weighted by Gasteiger charge is -2.42. The fraction of sp³-hybridized carbons (Fsp3) is 0.882. The molecular formula is C17H30N2O2. The van der Waals surface area contributed by atoms with Crippen LogP contribution in [0.1, 0.15) is 66.2 Å². The van der Waals surface area contributed by atoms with Crippen molar-refractivity contribution in [1.29, 1.82) is 0 Å². The molecule has 2 rings (SSSR count). The van der Waals surface area contributed by atoms with E-state index in [1.54, 1.807) is 0 Å². The van der Waals surface area contributed by atoms with E-state index in [1.807, 2.05) is 18.7 Å². The molecule has 0 aromatic rings. The topological polar surface area (TPSA) is 49.4 Å². The minimum Gasteiger partial charge on any atom is -0.328 e. The second kappa shape index (κ2) is 6.91. The molecule has 1 N–H and O–H groups in total. The molecule has 0 saturated carbocycles. The number of hydrogen-bond acceptors (Lipinski definition) is 3. The zero-order valence-corrected chi connectivity index (χ0v) is 13.9. The van der Waals surface area contributed by atoms with E-state index in [0.717, 1.165) is 38.5 Å². The molecule has 1 amide bonds. The maximum Gasteiger partial charge on any atom is 0.240 e. The molecular weight excluding hydrogens is 264 g/mol. The highest BCUT2D eigenvalue weighted by Gasteiger charge is 2.42. The first-order valence-electron chi connectivity index (χ1n) is 8.53. The first-order chi connectivity index (χ1) is 9.91. The van der Waals surface area contributed by atoms with Crippen molar-refractivity contribution in [2.45, 2.75) is 90.4 Å². The third-order valence-electron chi connectivity index (χ3n) is 4.76. The normalized spacial score (nSPS) is 30.5. The van der Waals surface area contributed by atoms with Crippen LogP contribution in [0.3, 0.4) is 0 Å². The Kier molecular flexibility index (Phi) is 5.42. The highest BCUT2D eigenvalue weighted by Crippen LogP contribution is 2.31. The fourth-order valence-electron chi connectivity index (χ4n) is 3.78. The Morgan fingerprint density at radius 1 is 1.10 bits per heavy atom. The quantitative estimate of drug-likeness (QED) is 0.866. The van der Waals surface area contributed by atoms with Gasteiger partial charge in [-0.05, 0) is 38.5 Å². The van der Waals surface area contributed by atoms with Gasteiger partial charge in [0.25, 0.3) is 0 Å². The predicted octanol–water partition coefficient (Wildman–Crippen LogP) is 2.51. The van der Waals surface area contributed by atoms with Gasteiger partial charge < -0.3 is 10.2 Å². The summed E-state index contributed by atoms with van der Waals surface area (Å²) in [5, 5.41) is 3.39. The van der Waals surface area contributed by atoms with Gasteiger partial charge in [-0.1, -0.05) is 27.7 Å². The molecule has 1 unspecified atom stereocenters. The number of rotatable bonds is 4. The van der Waals surface area contributed by atoms with Gasteiger partial charge >= 0.3 is 0 Å². The van der Waals surface area contributed by atoms with E-state index in [2.05, 4.69) is 19.2 Å². The number of piperidine rings is 1. The van der Waals surface area contributed by atoms with E-state index in [9.17, 15) is 9.59 Å². The summed E-state index contributed by atoms with van der Waals surface area (Å²) in [5.74, 6) is 0.393. The molecule has 120 valence electrons. The molecule has 2 saturated heterocycles. The molecule has 0 spiro atoms. The second-order valence-electron chi connectivity index (χ2n) is 7.21. The van der Waals surface area contributed by atoms with Crippen molar-refractivity contribution >= 4 is 11.7 Å². The molecule has 2 aliphatic rings. The van der Waals surface area contributed by atoms with Crippen molar-refractivity contribution < 1.29 is 9.59 Å². The molecule has 0 aliphatic carbocycles. The van der Waals surface area contributed by atoms with Crippen LogP contribution in [0.5, 0.6) is 0 Å². The summed E-state index contributed by atoms with van der Waals surface area (Å²) in [7, 11) is 0. The second-order valence-corrected chi connectivity index (χ2v) is 7.21. The molecule has 4 nitrogen and oxygen atoms in total. The van der Waals surface area contributed by atoms with E-state index < -0.39 is 0 Å². The third-order valence-corrected chi connectivity index (χ3v) is 4.76. The van der Waals surface area contributed by atoms with Gasteiger partial charge in [0.2, 0.25) is 5.91 Å². The van der Waals surface area contributed by atoms with Crippen molar-refractivity contribution in [1.82, 2.24) is 10.2 Å². The average Bonchev–Trinajstić information content (AvgIpc) is 2.58. The summed E-state index contributed by atoms with van der Waals surface area (Å²) in [6.07, 6.45) is 5.98. The first kappa shape index (κ1) is 16.5. The summed E-state index contributed by atoms with van der Waals surface area (Å²) < 4.78 is 0. The van der Waals surface area contributed by atoms with Gasteiger partial charge in [0.15, 0.2) is 5.78 Å². The molecule has 0 aromatic carbocycles. The maximum atomic E-state index is 13.0. The van der Waals surface area contributed by atoms with Crippen molar-refractivity contribution in [3.8, 4) is 0 Å². The Morgan fingerprint density at radius 3 is 2.29 bits per heavy atom. The highest BCUT2D eigenvalue weighted by atomic mass is 16.2. The largest absolute Gasteiger partial charge is 0.328 e. The molecule has 0 radical (unpaired) electrons. The zero-order valence-electron chi connectivity index (χ0n) is 13.9. The van der Waals surface area contributed by atoms with Gasteiger partial charge in [-0.25, -0.2) is 0 Å². The van der Waals surface area contributed by atoms with Crippen molar-refractivity contribution in [3.05, 3.63) is 0 Å². The predicted molar refractivity (Wildman–Crippen MR) is 84.0 cm³/mol. The Morgan fingerprint density at radius 2 is 1.71 bits per heavy atom. The van der Waals surface area contributed by atoms with Gasteiger partial charge in [0, 0.05) is 18.0 Å². The van der Waals surface area contributed by atoms with Crippen LogP contribution in [-0.4, -0.2) is 40.8 Å². The summed E-state index contributed by atoms with van der Waals surface area (Å²) in [6, 6.07) is 0.263. The van der Waals surface area contributed by atoms with Gasteiger partial charge in [0.1, 0.15) is 0 Å². The lowest BCUT2D eigenvalue weighted by atomic mass is 9.88. The fourth-order valence-corrected chi connectivity index (χ4v) is 3.78. The Bertz CT molecular complexity index is 392. The van der Waals surface area contributed by atoms with Crippen LogP contribution in [-0.2, 0) is 9.59 Å². The van der Waals surface area contributed by atoms with E-state index in [4.69, 9.17) is 0 Å². The van der Waals surface area contributed by atoms with Gasteiger partial charge in [-0.15, -0.1) is 0 Å². The summed E-state index contributed by atoms with van der Waals surface area (Å²) in [6.45, 7) is 8.03. The van der Waals surface area contributed by atoms with Crippen LogP contribution in [0.15, 0.2) is 0 Å². The van der Waals surface area contributed by atoms with Crippen LogP contribution in [0.2, 0.25) is 0 Å². The Hall–Kier alpha value is -0.900. The summed E-state index contributed by atoms with van der Waals surface area (Å²) >= 11 is 0. The SMILES string of the molecule is CC(C)N[C@H]1CCCC2CCC[C@@H](C(=O)C(C)C)N2C1=O. The monoisotopic (exact) mass is 294 g/mol. The van der Waals surface area contributed by atoms with E-state index in [1.165, 1.54) is 0 Å². The number of carbonyl (C=O) groups excluding carboxylic acids is 2. The lowest BCUT2D eigenvalue weighted by Crippen LogP contribution is -2.58. The average molecular weight is 294 g/mol. The van der Waals surface area contributed by atoms with E-state index >= 15 is 0 Å². The third kappa shape index (κ3) is 3.65. The smallest absolute Gasteiger partial charge is 0.240 e. The molecule has 2 heterocycles. The number of Topliss-reactive ketones (excluding diaryl/α,β-unsaturated/α-hetero) is 1. The number of hydrogen-bond donors (Lipinski definition) is 1. The Labute approximate surface area is 128 Å². The summed E-state index contributed by atoms with van der Waals surface area (Å²) in [5.41, 5.74) is 0. The standard InChI is InChI=1S/C17H30N2O2/c1-11(2)16(20)15-10-6-8-13-7-5-9-14(18-12(3)4)17(21)19(13)15/h11-15,18H,5-10H2,1-4H3/t13?,14-,15-/m0/s1. The summed E-state index contributed by atoms with van der Waals surface area (Å²) in [4.78, 5) is 27.4. The molecule has 0 aromatic heterocycles. The number of carbonyl (C=O) groups is 2. The van der Waals surface area contributed by atoms with Crippen LogP contribution in [0.25, 0.3) is 0 Å². The molecule has 2 fully saturated rings. The zero-order chi connectivity index (χ0) is 15.6. The maximum absolute atomic E-state index is 13.0. The van der Waals surface area contributed by atoms with Crippen LogP contribution in [0, 0.1) is 5.92 Å². The van der Waals surface area contributed by atoms with Crippen LogP contribution >= 0.6 is 0 Å². The number of nitrogens with one attached hydrogen (secondary N) is 1. The number of ketones is 1. The van der Waals surface area contributed by atoms with Crippen molar-refractivity contribution in [3.63, 3.8) is 0 Å². The lowest BCUT2D eigenvalue weighted by molar-refractivity contribution is -0.147. The van der Waals surface area contributed by atoms with Gasteiger partial charge in [-0.2, -0.15) is 0 Å². The minimum atomic E-state index is -0.189. The first-order valence-corrected chi connectivity index (χ1v) is 8.53. The molecule has 4 heteroatoms. The highest BCUT2D eigenvalue weighted by molar-refractivity contribution is 5.92. The molecule has 0 bridgehead atoms. The number of amides is 1. The number of nitrogens with zero attached hydrogens (tertiary/aromatic N) is 1. The van der Waals surface area contributed by atoms with Gasteiger partial charge in [0.05, 0.1) is 12.1 Å². The van der Waals surface area contributed by atoms with E-state index in [0.29, 0.717) is 6.04 Å². The van der Waals surface area contributed by atoms with Gasteiger partial charge in [-0.3, -0.25) is 9.59 Å². The number of fused-ring (bicyclic) bond motifs is 1. The van der Waals surface area contributed by atoms with Crippen molar-refractivity contribution in [2.75, 3.05) is 0 Å². The minimum absolute atomic E-state index is 0.00121. The van der Waals surface area contributed by atoms with Crippen LogP contribution < -0.4 is 5.32 Å². The molecule has 2 aliphatic heterocycles. The molecule has 21 heavy (non-hydrogen) atoms. The molecule has 3 atom stereocenters. The van der Waals surface area contributed by atoms with Crippen molar-refractivity contribution in [2.24, 2.45) is 5.92 Å².